The van der Waals surface area contributed by atoms with Gasteiger partial charge in [-0.3, -0.25) is 14.4 Å². The molecule has 0 bridgehead atoms. The predicted octanol–water partition coefficient (Wildman–Crippen LogP) is 21.3. The van der Waals surface area contributed by atoms with Gasteiger partial charge in [-0.1, -0.05) is 315 Å². The quantitative estimate of drug-likeness (QED) is 0.0261. The lowest BCUT2D eigenvalue weighted by molar-refractivity contribution is -0.167. The van der Waals surface area contributed by atoms with E-state index in [1.54, 1.807) is 0 Å². The summed E-state index contributed by atoms with van der Waals surface area (Å²) in [5.74, 6) is -0.858. The molecule has 0 N–H and O–H groups in total. The van der Waals surface area contributed by atoms with Gasteiger partial charge in [0.15, 0.2) is 6.10 Å². The van der Waals surface area contributed by atoms with Crippen molar-refractivity contribution in [1.29, 1.82) is 0 Å². The zero-order valence-corrected chi connectivity index (χ0v) is 47.6. The Morgan fingerprint density at radius 2 is 0.486 bits per heavy atom. The molecule has 70 heavy (non-hydrogen) atoms. The fraction of sp³-hybridized carbons (Fsp3) is 0.922. The molecule has 0 fully saturated rings. The van der Waals surface area contributed by atoms with Gasteiger partial charge in [0.05, 0.1) is 0 Å². The average Bonchev–Trinajstić information content (AvgIpc) is 3.36. The third-order valence-corrected chi connectivity index (χ3v) is 14.5. The molecule has 414 valence electrons. The Morgan fingerprint density at radius 3 is 0.757 bits per heavy atom. The molecule has 6 nitrogen and oxygen atoms in total. The van der Waals surface area contributed by atoms with Crippen molar-refractivity contribution in [2.45, 2.75) is 367 Å². The van der Waals surface area contributed by atoms with Crippen molar-refractivity contribution in [1.82, 2.24) is 0 Å². The van der Waals surface area contributed by atoms with Crippen molar-refractivity contribution < 1.29 is 28.6 Å². The van der Waals surface area contributed by atoms with Crippen LogP contribution in [0, 0.1) is 0 Å². The summed E-state index contributed by atoms with van der Waals surface area (Å²) in [4.78, 5) is 38.0. The normalized spacial score (nSPS) is 12.0. The molecule has 0 aliphatic heterocycles. The van der Waals surface area contributed by atoms with Crippen LogP contribution in [-0.4, -0.2) is 37.2 Å². The first kappa shape index (κ1) is 68.2. The van der Waals surface area contributed by atoms with E-state index in [1.165, 1.54) is 257 Å². The van der Waals surface area contributed by atoms with Crippen molar-refractivity contribution in [2.24, 2.45) is 0 Å². The van der Waals surface area contributed by atoms with Crippen molar-refractivity contribution in [3.8, 4) is 0 Å². The number of unbranched alkanes of at least 4 members (excludes halogenated alkanes) is 46. The van der Waals surface area contributed by atoms with Crippen LogP contribution in [0.25, 0.3) is 0 Å². The highest BCUT2D eigenvalue weighted by molar-refractivity contribution is 5.71. The number of allylic oxidation sites excluding steroid dienone is 2. The average molecular weight is 988 g/mol. The van der Waals surface area contributed by atoms with Gasteiger partial charge in [0, 0.05) is 19.3 Å². The first-order valence-corrected chi connectivity index (χ1v) is 31.7. The summed E-state index contributed by atoms with van der Waals surface area (Å²) in [7, 11) is 0. The minimum atomic E-state index is -0.768. The Bertz CT molecular complexity index is 1090. The van der Waals surface area contributed by atoms with E-state index in [4.69, 9.17) is 14.2 Å². The smallest absolute Gasteiger partial charge is 0.306 e. The van der Waals surface area contributed by atoms with E-state index in [2.05, 4.69) is 32.9 Å². The SMILES string of the molecule is CCCC/C=C\CCCCCCCC(=O)OC(COC(=O)CCCCCCCCCCCC)COC(=O)CCCCCCCCCCCCCCCCCCCCCCCCCCCCCCCCC. The van der Waals surface area contributed by atoms with Crippen LogP contribution in [0.15, 0.2) is 12.2 Å². The zero-order valence-electron chi connectivity index (χ0n) is 47.6. The highest BCUT2D eigenvalue weighted by Crippen LogP contribution is 2.18. The van der Waals surface area contributed by atoms with Crippen molar-refractivity contribution in [2.75, 3.05) is 13.2 Å². The minimum Gasteiger partial charge on any atom is -0.462 e. The lowest BCUT2D eigenvalue weighted by Crippen LogP contribution is -2.30. The predicted molar refractivity (Wildman–Crippen MR) is 303 cm³/mol. The maximum absolute atomic E-state index is 12.8. The molecule has 0 aliphatic carbocycles. The van der Waals surface area contributed by atoms with Crippen LogP contribution in [0.3, 0.4) is 0 Å². The molecule has 0 amide bonds. The Labute approximate surface area is 437 Å². The lowest BCUT2D eigenvalue weighted by atomic mass is 10.0. The topological polar surface area (TPSA) is 78.9 Å². The Morgan fingerprint density at radius 1 is 0.271 bits per heavy atom. The summed E-state index contributed by atoms with van der Waals surface area (Å²) in [6.07, 6.45) is 69.7. The standard InChI is InChI=1S/C64H122O6/c1-4-7-10-13-16-19-22-23-24-25-26-27-28-29-30-31-32-33-34-35-36-37-38-39-40-41-43-45-48-51-54-57-63(66)69-60-61(59-68-62(65)56-53-50-47-44-21-18-15-12-9-6-3)70-64(67)58-55-52-49-46-42-20-17-14-11-8-5-2/h14,17,61H,4-13,15-16,18-60H2,1-3H3/b17-14-. The first-order valence-electron chi connectivity index (χ1n) is 31.7. The molecular formula is C64H122O6. The molecule has 0 aromatic heterocycles. The van der Waals surface area contributed by atoms with Crippen molar-refractivity contribution >= 4 is 17.9 Å². The zero-order chi connectivity index (χ0) is 50.7. The van der Waals surface area contributed by atoms with Crippen LogP contribution in [0.1, 0.15) is 361 Å². The molecule has 0 rings (SSSR count). The van der Waals surface area contributed by atoms with E-state index in [9.17, 15) is 14.4 Å². The van der Waals surface area contributed by atoms with Gasteiger partial charge in [-0.2, -0.15) is 0 Å². The van der Waals surface area contributed by atoms with Crippen LogP contribution in [0.5, 0.6) is 0 Å². The summed E-state index contributed by atoms with van der Waals surface area (Å²) in [5, 5.41) is 0. The van der Waals surface area contributed by atoms with Gasteiger partial charge in [0.2, 0.25) is 0 Å². The molecule has 0 heterocycles. The summed E-state index contributed by atoms with van der Waals surface area (Å²) in [5.41, 5.74) is 0. The van der Waals surface area contributed by atoms with Crippen LogP contribution < -0.4 is 0 Å². The number of hydrogen-bond acceptors (Lipinski definition) is 6. The number of carbonyl (C=O) groups excluding carboxylic acids is 3. The minimum absolute atomic E-state index is 0.0680. The van der Waals surface area contributed by atoms with Crippen LogP contribution >= 0.6 is 0 Å². The molecule has 0 aromatic rings. The monoisotopic (exact) mass is 987 g/mol. The second kappa shape index (κ2) is 59.7. The summed E-state index contributed by atoms with van der Waals surface area (Å²) in [6.45, 7) is 6.64. The van der Waals surface area contributed by atoms with Crippen molar-refractivity contribution in [3.05, 3.63) is 12.2 Å². The molecule has 0 saturated heterocycles. The van der Waals surface area contributed by atoms with Crippen LogP contribution in [0.2, 0.25) is 0 Å². The first-order chi connectivity index (χ1) is 34.5. The summed E-state index contributed by atoms with van der Waals surface area (Å²) in [6, 6.07) is 0. The summed E-state index contributed by atoms with van der Waals surface area (Å²) >= 11 is 0. The highest BCUT2D eigenvalue weighted by Gasteiger charge is 2.19. The maximum Gasteiger partial charge on any atom is 0.306 e. The fourth-order valence-electron chi connectivity index (χ4n) is 9.72. The number of ether oxygens (including phenoxy) is 3. The lowest BCUT2D eigenvalue weighted by Gasteiger charge is -2.18. The molecule has 0 aromatic carbocycles. The molecule has 0 aliphatic rings. The van der Waals surface area contributed by atoms with Gasteiger partial charge >= 0.3 is 17.9 Å². The Kier molecular flexibility index (Phi) is 58.1. The second-order valence-electron chi connectivity index (χ2n) is 21.7. The highest BCUT2D eigenvalue weighted by atomic mass is 16.6. The molecule has 1 unspecified atom stereocenters. The Hall–Kier alpha value is -1.85. The third kappa shape index (κ3) is 57.1. The molecular weight excluding hydrogens is 865 g/mol. The Balaban J connectivity index is 3.96. The summed E-state index contributed by atoms with van der Waals surface area (Å²) < 4.78 is 16.8. The number of rotatable bonds is 59. The van der Waals surface area contributed by atoms with E-state index in [0.717, 1.165) is 64.2 Å². The van der Waals surface area contributed by atoms with Gasteiger partial charge in [-0.25, -0.2) is 0 Å². The van der Waals surface area contributed by atoms with E-state index in [0.29, 0.717) is 19.3 Å². The molecule has 0 saturated carbocycles. The van der Waals surface area contributed by atoms with Gasteiger partial charge in [0.25, 0.3) is 0 Å². The molecule has 6 heteroatoms. The van der Waals surface area contributed by atoms with E-state index < -0.39 is 6.10 Å². The number of carbonyl (C=O) groups is 3. The number of hydrogen-bond donors (Lipinski definition) is 0. The largest absolute Gasteiger partial charge is 0.462 e. The van der Waals surface area contributed by atoms with Crippen LogP contribution in [0.4, 0.5) is 0 Å². The number of esters is 3. The molecule has 0 spiro atoms. The van der Waals surface area contributed by atoms with Gasteiger partial charge in [-0.15, -0.1) is 0 Å². The van der Waals surface area contributed by atoms with E-state index in [-0.39, 0.29) is 31.1 Å². The maximum atomic E-state index is 12.8. The van der Waals surface area contributed by atoms with Gasteiger partial charge < -0.3 is 14.2 Å². The van der Waals surface area contributed by atoms with Crippen molar-refractivity contribution in [3.63, 3.8) is 0 Å². The van der Waals surface area contributed by atoms with E-state index in [1.807, 2.05) is 0 Å². The van der Waals surface area contributed by atoms with E-state index >= 15 is 0 Å². The molecule has 0 radical (unpaired) electrons. The van der Waals surface area contributed by atoms with Gasteiger partial charge in [-0.05, 0) is 38.5 Å². The second-order valence-corrected chi connectivity index (χ2v) is 21.7. The van der Waals surface area contributed by atoms with Gasteiger partial charge in [0.1, 0.15) is 13.2 Å². The molecule has 1 atom stereocenters. The fourth-order valence-corrected chi connectivity index (χ4v) is 9.72. The third-order valence-electron chi connectivity index (χ3n) is 14.5. The van der Waals surface area contributed by atoms with Crippen LogP contribution in [-0.2, 0) is 28.6 Å².